The van der Waals surface area contributed by atoms with Gasteiger partial charge in [-0.2, -0.15) is 28.0 Å². The van der Waals surface area contributed by atoms with E-state index in [-0.39, 0.29) is 28.5 Å². The lowest BCUT2D eigenvalue weighted by Gasteiger charge is -2.09. The Balaban J connectivity index is 1.89. The highest BCUT2D eigenvalue weighted by Gasteiger charge is 2.28. The topological polar surface area (TPSA) is 150 Å². The third-order valence-electron chi connectivity index (χ3n) is 3.62. The summed E-state index contributed by atoms with van der Waals surface area (Å²) in [6, 6.07) is 3.53. The molecule has 0 unspecified atom stereocenters. The number of imidazole rings is 1. The van der Waals surface area contributed by atoms with Gasteiger partial charge in [-0.3, -0.25) is 5.32 Å². The van der Waals surface area contributed by atoms with Crippen LogP contribution in [-0.2, 0) is 16.4 Å². The van der Waals surface area contributed by atoms with Crippen LogP contribution in [0.15, 0.2) is 23.2 Å². The Hall–Kier alpha value is -3.19. The first-order valence-corrected chi connectivity index (χ1v) is 9.98. The summed E-state index contributed by atoms with van der Waals surface area (Å²) in [5, 5.41) is 5.58. The quantitative estimate of drug-likeness (QED) is 0.576. The van der Waals surface area contributed by atoms with Crippen LogP contribution in [0.2, 0.25) is 5.15 Å². The number of methoxy groups -OCH3 is 2. The lowest BCUT2D eigenvalue weighted by molar-refractivity contribution is 0.256. The van der Waals surface area contributed by atoms with Crippen molar-refractivity contribution in [3.63, 3.8) is 0 Å². The maximum absolute atomic E-state index is 12.7. The van der Waals surface area contributed by atoms with Gasteiger partial charge in [-0.1, -0.05) is 18.5 Å². The lowest BCUT2D eigenvalue weighted by Crippen LogP contribution is -2.35. The molecule has 0 spiro atoms. The third-order valence-corrected chi connectivity index (χ3v) is 5.32. The molecular weight excluding hydrogens is 426 g/mol. The van der Waals surface area contributed by atoms with Gasteiger partial charge in [-0.25, -0.2) is 14.5 Å². The number of anilines is 1. The van der Waals surface area contributed by atoms with Crippen molar-refractivity contribution in [1.29, 1.82) is 0 Å². The average molecular weight is 442 g/mol. The Morgan fingerprint density at radius 3 is 2.41 bits per heavy atom. The van der Waals surface area contributed by atoms with Crippen LogP contribution in [-0.4, -0.2) is 53.2 Å². The number of carbonyl (C=O) groups excluding carboxylic acids is 1. The van der Waals surface area contributed by atoms with E-state index in [0.717, 1.165) is 4.52 Å². The zero-order chi connectivity index (χ0) is 21.2. The Kier molecular flexibility index (Phi) is 5.70. The van der Waals surface area contributed by atoms with Gasteiger partial charge in [-0.05, 0) is 18.6 Å². The monoisotopic (exact) mass is 441 g/mol. The maximum atomic E-state index is 12.7. The molecule has 14 heteroatoms. The highest BCUT2D eigenvalue weighted by Crippen LogP contribution is 2.22. The fourth-order valence-electron chi connectivity index (χ4n) is 2.30. The number of rotatable bonds is 6. The van der Waals surface area contributed by atoms with E-state index in [0.29, 0.717) is 12.1 Å². The molecule has 0 saturated heterocycles. The van der Waals surface area contributed by atoms with Gasteiger partial charge in [0, 0.05) is 0 Å². The number of carbonyl (C=O) groups is 1. The number of aromatic nitrogens is 5. The van der Waals surface area contributed by atoms with Gasteiger partial charge in [0.25, 0.3) is 10.0 Å². The van der Waals surface area contributed by atoms with Crippen molar-refractivity contribution in [3.05, 3.63) is 29.0 Å². The lowest BCUT2D eigenvalue weighted by atomic mass is 10.3. The molecule has 29 heavy (non-hydrogen) atoms. The van der Waals surface area contributed by atoms with E-state index >= 15 is 0 Å². The number of aryl methyl sites for hydroxylation is 1. The molecule has 0 aromatic carbocycles. The molecule has 0 aliphatic heterocycles. The highest BCUT2D eigenvalue weighted by atomic mass is 35.5. The van der Waals surface area contributed by atoms with Gasteiger partial charge in [0.1, 0.15) is 0 Å². The molecule has 0 saturated carbocycles. The average Bonchev–Trinajstić information content (AvgIpc) is 3.02. The summed E-state index contributed by atoms with van der Waals surface area (Å²) in [4.78, 5) is 24.0. The van der Waals surface area contributed by atoms with Crippen LogP contribution in [0.3, 0.4) is 0 Å². The number of amides is 2. The van der Waals surface area contributed by atoms with Crippen molar-refractivity contribution in [2.45, 2.75) is 18.4 Å². The second kappa shape index (κ2) is 8.05. The summed E-state index contributed by atoms with van der Waals surface area (Å²) >= 11 is 5.99. The van der Waals surface area contributed by atoms with Gasteiger partial charge < -0.3 is 9.47 Å². The molecule has 154 valence electrons. The molecule has 0 fully saturated rings. The third kappa shape index (κ3) is 4.30. The molecule has 0 bridgehead atoms. The molecule has 0 aliphatic carbocycles. The molecule has 0 radical (unpaired) electrons. The summed E-state index contributed by atoms with van der Waals surface area (Å²) in [6.45, 7) is 1.86. The number of sulfonamides is 1. The SMILES string of the molecule is CCc1ccc2nc(Cl)c(S(=O)(=O)NC(=O)Nc3nc(OC)cc(OC)n3)n2n1. The van der Waals surface area contributed by atoms with Crippen molar-refractivity contribution in [2.75, 3.05) is 19.5 Å². The van der Waals surface area contributed by atoms with Crippen LogP contribution in [0.4, 0.5) is 10.7 Å². The zero-order valence-corrected chi connectivity index (χ0v) is 17.1. The first-order valence-electron chi connectivity index (χ1n) is 8.12. The first-order chi connectivity index (χ1) is 13.8. The molecule has 3 rings (SSSR count). The van der Waals surface area contributed by atoms with Gasteiger partial charge >= 0.3 is 6.03 Å². The van der Waals surface area contributed by atoms with Gasteiger partial charge in [0.2, 0.25) is 22.7 Å². The number of urea groups is 1. The number of nitrogens with zero attached hydrogens (tertiary/aromatic N) is 5. The molecule has 3 heterocycles. The fourth-order valence-corrected chi connectivity index (χ4v) is 3.80. The minimum atomic E-state index is -4.42. The van der Waals surface area contributed by atoms with E-state index in [1.807, 2.05) is 11.6 Å². The summed E-state index contributed by atoms with van der Waals surface area (Å²) in [6.07, 6.45) is 0.564. The van der Waals surface area contributed by atoms with Crippen molar-refractivity contribution < 1.29 is 22.7 Å². The Bertz CT molecular complexity index is 1160. The van der Waals surface area contributed by atoms with Crippen molar-refractivity contribution in [2.24, 2.45) is 0 Å². The van der Waals surface area contributed by atoms with Crippen LogP contribution >= 0.6 is 11.6 Å². The number of nitrogens with one attached hydrogen (secondary N) is 2. The molecule has 0 atom stereocenters. The normalized spacial score (nSPS) is 11.3. The number of hydrogen-bond donors (Lipinski definition) is 2. The second-order valence-corrected chi connectivity index (χ2v) is 7.45. The van der Waals surface area contributed by atoms with Gasteiger partial charge in [0.05, 0.1) is 26.0 Å². The zero-order valence-electron chi connectivity index (χ0n) is 15.5. The van der Waals surface area contributed by atoms with E-state index in [9.17, 15) is 13.2 Å². The fraction of sp³-hybridized carbons (Fsp3) is 0.267. The number of halogens is 1. The largest absolute Gasteiger partial charge is 0.481 e. The molecule has 3 aromatic rings. The van der Waals surface area contributed by atoms with Crippen molar-refractivity contribution in [3.8, 4) is 11.8 Å². The van der Waals surface area contributed by atoms with Crippen LogP contribution in [0.1, 0.15) is 12.6 Å². The van der Waals surface area contributed by atoms with E-state index in [1.165, 1.54) is 20.3 Å². The Morgan fingerprint density at radius 2 is 1.83 bits per heavy atom. The maximum Gasteiger partial charge on any atom is 0.335 e. The molecule has 3 aromatic heterocycles. The smallest absolute Gasteiger partial charge is 0.335 e. The molecule has 2 amide bonds. The molecular formula is C15H16ClN7O5S. The molecule has 2 N–H and O–H groups in total. The first kappa shape index (κ1) is 20.5. The standard InChI is InChI=1S/C15H16ClN7O5S/c1-4-8-5-6-9-17-12(16)13(23(9)21-8)29(25,26)22-15(24)20-14-18-10(27-2)7-11(19-14)28-3/h5-7H,4H2,1-3H3,(H2,18,19,20,22,24). The minimum absolute atomic E-state index is 0.108. The summed E-state index contributed by atoms with van der Waals surface area (Å²) < 4.78 is 38.3. The van der Waals surface area contributed by atoms with Crippen LogP contribution in [0.5, 0.6) is 11.8 Å². The van der Waals surface area contributed by atoms with Crippen molar-refractivity contribution in [1.82, 2.24) is 29.3 Å². The number of hydrogen-bond acceptors (Lipinski definition) is 9. The van der Waals surface area contributed by atoms with E-state index in [1.54, 1.807) is 12.1 Å². The predicted octanol–water partition coefficient (Wildman–Crippen LogP) is 1.26. The van der Waals surface area contributed by atoms with Gasteiger partial charge in [0.15, 0.2) is 10.8 Å². The Labute approximate surface area is 170 Å². The highest BCUT2D eigenvalue weighted by molar-refractivity contribution is 7.90. The van der Waals surface area contributed by atoms with E-state index < -0.39 is 21.1 Å². The summed E-state index contributed by atoms with van der Waals surface area (Å²) in [5.74, 6) is -0.0169. The van der Waals surface area contributed by atoms with E-state index in [2.05, 4.69) is 25.4 Å². The van der Waals surface area contributed by atoms with Crippen LogP contribution < -0.4 is 19.5 Å². The second-order valence-electron chi connectivity index (χ2n) is 5.49. The van der Waals surface area contributed by atoms with Crippen LogP contribution in [0, 0.1) is 0 Å². The summed E-state index contributed by atoms with van der Waals surface area (Å²) in [5.41, 5.74) is 0.832. The molecule has 12 nitrogen and oxygen atoms in total. The number of fused-ring (bicyclic) bond motifs is 1. The summed E-state index contributed by atoms with van der Waals surface area (Å²) in [7, 11) is -1.70. The van der Waals surface area contributed by atoms with Crippen molar-refractivity contribution >= 4 is 39.3 Å². The Morgan fingerprint density at radius 1 is 1.17 bits per heavy atom. The number of ether oxygens (including phenoxy) is 2. The van der Waals surface area contributed by atoms with E-state index in [4.69, 9.17) is 21.1 Å². The minimum Gasteiger partial charge on any atom is -0.481 e. The van der Waals surface area contributed by atoms with Crippen LogP contribution in [0.25, 0.3) is 5.65 Å². The van der Waals surface area contributed by atoms with Gasteiger partial charge in [-0.15, -0.1) is 0 Å². The molecule has 0 aliphatic rings. The predicted molar refractivity (Wildman–Crippen MR) is 102 cm³/mol.